The lowest BCUT2D eigenvalue weighted by Gasteiger charge is -2.09. The third kappa shape index (κ3) is 3.60. The molecule has 0 aliphatic carbocycles. The Morgan fingerprint density at radius 1 is 1.37 bits per heavy atom. The Morgan fingerprint density at radius 2 is 2.16 bits per heavy atom. The molecule has 102 valence electrons. The van der Waals surface area contributed by atoms with Gasteiger partial charge in [-0.25, -0.2) is 20.8 Å². The van der Waals surface area contributed by atoms with Crippen molar-refractivity contribution in [3.8, 4) is 0 Å². The van der Waals surface area contributed by atoms with Crippen LogP contribution in [-0.4, -0.2) is 22.1 Å². The summed E-state index contributed by atoms with van der Waals surface area (Å²) < 4.78 is 5.02. The zero-order chi connectivity index (χ0) is 13.7. The van der Waals surface area contributed by atoms with Gasteiger partial charge in [-0.3, -0.25) is 0 Å². The van der Waals surface area contributed by atoms with Crippen LogP contribution in [0.3, 0.4) is 0 Å². The number of nitrogens with zero attached hydrogens (tertiary/aromatic N) is 3. The van der Waals surface area contributed by atoms with Crippen molar-refractivity contribution in [2.75, 3.05) is 17.9 Å². The first-order chi connectivity index (χ1) is 9.22. The average Bonchev–Trinajstić information content (AvgIpc) is 2.82. The van der Waals surface area contributed by atoms with Crippen molar-refractivity contribution in [1.29, 1.82) is 0 Å². The maximum Gasteiger partial charge on any atom is 0.158 e. The van der Waals surface area contributed by atoms with Gasteiger partial charge < -0.3 is 15.5 Å². The maximum atomic E-state index is 5.38. The van der Waals surface area contributed by atoms with Gasteiger partial charge in [-0.1, -0.05) is 0 Å². The summed E-state index contributed by atoms with van der Waals surface area (Å²) in [7, 11) is 1.60. The molecule has 0 saturated heterocycles. The van der Waals surface area contributed by atoms with Crippen LogP contribution < -0.4 is 16.6 Å². The Kier molecular flexibility index (Phi) is 4.61. The normalized spacial score (nSPS) is 10.5. The number of nitrogen functional groups attached to an aromatic ring is 1. The minimum absolute atomic E-state index is 0.337. The van der Waals surface area contributed by atoms with E-state index < -0.39 is 0 Å². The molecule has 0 atom stereocenters. The number of anilines is 2. The molecule has 0 fully saturated rings. The van der Waals surface area contributed by atoms with Crippen LogP contribution in [0.25, 0.3) is 0 Å². The van der Waals surface area contributed by atoms with Crippen molar-refractivity contribution in [2.24, 2.45) is 5.84 Å². The SMILES string of the molecule is COCc1nc(NN)cc(NCc2scnc2C)n1. The Morgan fingerprint density at radius 3 is 2.79 bits per heavy atom. The molecule has 0 saturated carbocycles. The van der Waals surface area contributed by atoms with Crippen molar-refractivity contribution >= 4 is 23.0 Å². The monoisotopic (exact) mass is 280 g/mol. The average molecular weight is 280 g/mol. The molecule has 2 aromatic rings. The van der Waals surface area contributed by atoms with Gasteiger partial charge in [0.25, 0.3) is 0 Å². The van der Waals surface area contributed by atoms with Crippen molar-refractivity contribution in [3.63, 3.8) is 0 Å². The Labute approximate surface area is 115 Å². The van der Waals surface area contributed by atoms with E-state index in [-0.39, 0.29) is 0 Å². The number of nitrogens with two attached hydrogens (primary N) is 1. The summed E-state index contributed by atoms with van der Waals surface area (Å²) in [6.45, 7) is 2.99. The van der Waals surface area contributed by atoms with Crippen LogP contribution >= 0.6 is 11.3 Å². The standard InChI is InChI=1S/C11H16N6OS/c1-7-8(19-6-14-7)4-13-9-3-10(17-12)16-11(15-9)5-18-2/h3,6H,4-5,12H2,1-2H3,(H2,13,15,16,17). The number of hydrogen-bond donors (Lipinski definition) is 3. The third-order valence-electron chi connectivity index (χ3n) is 2.47. The quantitative estimate of drug-likeness (QED) is 0.541. The smallest absolute Gasteiger partial charge is 0.158 e. The number of aryl methyl sites for hydroxylation is 1. The highest BCUT2D eigenvalue weighted by Crippen LogP contribution is 2.16. The van der Waals surface area contributed by atoms with E-state index >= 15 is 0 Å². The first-order valence-electron chi connectivity index (χ1n) is 5.69. The van der Waals surface area contributed by atoms with Crippen LogP contribution in [0.5, 0.6) is 0 Å². The first-order valence-corrected chi connectivity index (χ1v) is 6.57. The summed E-state index contributed by atoms with van der Waals surface area (Å²) in [5.74, 6) is 7.20. The largest absolute Gasteiger partial charge is 0.377 e. The van der Waals surface area contributed by atoms with Gasteiger partial charge in [0, 0.05) is 18.1 Å². The van der Waals surface area contributed by atoms with Gasteiger partial charge in [0.2, 0.25) is 0 Å². The predicted octanol–water partition coefficient (Wildman–Crippen LogP) is 1.29. The van der Waals surface area contributed by atoms with E-state index in [4.69, 9.17) is 10.6 Å². The zero-order valence-corrected chi connectivity index (χ0v) is 11.6. The molecule has 0 unspecified atom stereocenters. The van der Waals surface area contributed by atoms with Crippen molar-refractivity contribution in [1.82, 2.24) is 15.0 Å². The Bertz CT molecular complexity index is 544. The van der Waals surface area contributed by atoms with Gasteiger partial charge in [0.05, 0.1) is 17.7 Å². The fourth-order valence-corrected chi connectivity index (χ4v) is 2.24. The van der Waals surface area contributed by atoms with Crippen LogP contribution in [0.2, 0.25) is 0 Å². The first kappa shape index (κ1) is 13.7. The molecule has 0 aliphatic heterocycles. The fourth-order valence-electron chi connectivity index (χ4n) is 1.52. The van der Waals surface area contributed by atoms with Crippen molar-refractivity contribution in [2.45, 2.75) is 20.1 Å². The molecule has 2 rings (SSSR count). The van der Waals surface area contributed by atoms with E-state index in [2.05, 4.69) is 25.7 Å². The summed E-state index contributed by atoms with van der Waals surface area (Å²) in [4.78, 5) is 13.9. The highest BCUT2D eigenvalue weighted by molar-refractivity contribution is 7.09. The molecule has 4 N–H and O–H groups in total. The number of hydrogen-bond acceptors (Lipinski definition) is 8. The van der Waals surface area contributed by atoms with Crippen LogP contribution in [-0.2, 0) is 17.9 Å². The van der Waals surface area contributed by atoms with Gasteiger partial charge in [0.1, 0.15) is 18.2 Å². The maximum absolute atomic E-state index is 5.38. The van der Waals surface area contributed by atoms with Gasteiger partial charge in [0.15, 0.2) is 5.82 Å². The minimum atomic E-state index is 0.337. The summed E-state index contributed by atoms with van der Waals surface area (Å²) >= 11 is 1.61. The number of ether oxygens (including phenoxy) is 1. The van der Waals surface area contributed by atoms with Crippen LogP contribution in [0.4, 0.5) is 11.6 Å². The summed E-state index contributed by atoms with van der Waals surface area (Å²) in [5.41, 5.74) is 5.37. The lowest BCUT2D eigenvalue weighted by Crippen LogP contribution is -2.12. The molecular formula is C11H16N6OS. The van der Waals surface area contributed by atoms with Crippen LogP contribution in [0, 0.1) is 6.92 Å². The lowest BCUT2D eigenvalue weighted by molar-refractivity contribution is 0.178. The van der Waals surface area contributed by atoms with Gasteiger partial charge in [-0.15, -0.1) is 11.3 Å². The minimum Gasteiger partial charge on any atom is -0.377 e. The van der Waals surface area contributed by atoms with E-state index in [9.17, 15) is 0 Å². The zero-order valence-electron chi connectivity index (χ0n) is 10.8. The third-order valence-corrected chi connectivity index (χ3v) is 3.40. The van der Waals surface area contributed by atoms with Gasteiger partial charge >= 0.3 is 0 Å². The molecule has 8 heteroatoms. The molecule has 0 radical (unpaired) electrons. The number of methoxy groups -OCH3 is 1. The number of thiazole rings is 1. The number of rotatable bonds is 6. The lowest BCUT2D eigenvalue weighted by atomic mass is 10.4. The van der Waals surface area contributed by atoms with Crippen molar-refractivity contribution in [3.05, 3.63) is 28.0 Å². The second-order valence-corrected chi connectivity index (χ2v) is 4.79. The summed E-state index contributed by atoms with van der Waals surface area (Å²) in [6.07, 6.45) is 0. The number of hydrazine groups is 1. The molecular weight excluding hydrogens is 264 g/mol. The predicted molar refractivity (Wildman–Crippen MR) is 74.7 cm³/mol. The molecule has 0 amide bonds. The summed E-state index contributed by atoms with van der Waals surface area (Å²) in [6, 6.07) is 1.75. The molecule has 0 spiro atoms. The molecule has 7 nitrogen and oxygen atoms in total. The van der Waals surface area contributed by atoms with E-state index in [0.29, 0.717) is 30.6 Å². The summed E-state index contributed by atoms with van der Waals surface area (Å²) in [5, 5.41) is 3.23. The molecule has 2 heterocycles. The molecule has 0 bridgehead atoms. The number of aromatic nitrogens is 3. The second kappa shape index (κ2) is 6.41. The van der Waals surface area contributed by atoms with Gasteiger partial charge in [-0.05, 0) is 6.92 Å². The molecule has 0 aliphatic rings. The van der Waals surface area contributed by atoms with Crippen LogP contribution in [0.15, 0.2) is 11.6 Å². The van der Waals surface area contributed by atoms with E-state index in [1.54, 1.807) is 24.5 Å². The van der Waals surface area contributed by atoms with Gasteiger partial charge in [-0.2, -0.15) is 0 Å². The molecule has 0 aromatic carbocycles. The highest BCUT2D eigenvalue weighted by Gasteiger charge is 2.06. The van der Waals surface area contributed by atoms with E-state index in [1.165, 1.54) is 4.88 Å². The second-order valence-electron chi connectivity index (χ2n) is 3.85. The van der Waals surface area contributed by atoms with E-state index in [0.717, 1.165) is 5.69 Å². The van der Waals surface area contributed by atoms with Crippen LogP contribution in [0.1, 0.15) is 16.4 Å². The highest BCUT2D eigenvalue weighted by atomic mass is 32.1. The topological polar surface area (TPSA) is 98.0 Å². The Balaban J connectivity index is 2.10. The fraction of sp³-hybridized carbons (Fsp3) is 0.364. The molecule has 19 heavy (non-hydrogen) atoms. The molecule has 2 aromatic heterocycles. The van der Waals surface area contributed by atoms with E-state index in [1.807, 2.05) is 12.4 Å². The number of nitrogens with one attached hydrogen (secondary N) is 2. The van der Waals surface area contributed by atoms with Crippen molar-refractivity contribution < 1.29 is 4.74 Å². The Hall–Kier alpha value is -1.77.